The molecule has 2 atom stereocenters. The van der Waals surface area contributed by atoms with Crippen LogP contribution in [0.15, 0.2) is 18.2 Å². The van der Waals surface area contributed by atoms with Gasteiger partial charge >= 0.3 is 5.97 Å². The Morgan fingerprint density at radius 2 is 2.20 bits per heavy atom. The zero-order valence-corrected chi connectivity index (χ0v) is 11.7. The number of fused-ring (bicyclic) bond motifs is 1. The maximum Gasteiger partial charge on any atom is 0.347 e. The first kappa shape index (κ1) is 13.2. The number of nitrogens with two attached hydrogens (primary N) is 1. The van der Waals surface area contributed by atoms with Crippen LogP contribution in [0.5, 0.6) is 11.5 Å². The third kappa shape index (κ3) is 2.45. The van der Waals surface area contributed by atoms with Crippen molar-refractivity contribution in [2.45, 2.75) is 44.4 Å². The van der Waals surface area contributed by atoms with Crippen LogP contribution in [0.3, 0.4) is 0 Å². The molecule has 0 bridgehead atoms. The molecule has 108 valence electrons. The Hall–Kier alpha value is -1.75. The molecule has 2 unspecified atom stereocenters. The van der Waals surface area contributed by atoms with Crippen molar-refractivity contribution in [2.75, 3.05) is 6.61 Å². The molecule has 0 aromatic heterocycles. The first-order valence-electron chi connectivity index (χ1n) is 6.86. The molecule has 2 aliphatic rings. The Bertz CT molecular complexity index is 541. The fourth-order valence-electron chi connectivity index (χ4n) is 2.71. The number of cyclic esters (lactones) is 1. The molecule has 2 heterocycles. The minimum atomic E-state index is -0.515. The van der Waals surface area contributed by atoms with E-state index in [9.17, 15) is 4.79 Å². The highest BCUT2D eigenvalue weighted by atomic mass is 16.6. The van der Waals surface area contributed by atoms with Crippen LogP contribution >= 0.6 is 0 Å². The van der Waals surface area contributed by atoms with Crippen LogP contribution in [-0.4, -0.2) is 24.3 Å². The van der Waals surface area contributed by atoms with E-state index in [-0.39, 0.29) is 17.6 Å². The van der Waals surface area contributed by atoms with Gasteiger partial charge in [0.1, 0.15) is 17.1 Å². The number of rotatable bonds is 2. The van der Waals surface area contributed by atoms with Gasteiger partial charge in [0.05, 0.1) is 6.61 Å². The van der Waals surface area contributed by atoms with Gasteiger partial charge in [-0.05, 0) is 19.9 Å². The first-order chi connectivity index (χ1) is 9.44. The molecule has 5 nitrogen and oxygen atoms in total. The van der Waals surface area contributed by atoms with Gasteiger partial charge in [-0.15, -0.1) is 0 Å². The van der Waals surface area contributed by atoms with E-state index >= 15 is 0 Å². The molecular formula is C15H19NO4. The summed E-state index contributed by atoms with van der Waals surface area (Å²) in [5, 5.41) is 0. The molecule has 1 saturated heterocycles. The van der Waals surface area contributed by atoms with Crippen LogP contribution in [0, 0.1) is 0 Å². The Balaban J connectivity index is 1.83. The van der Waals surface area contributed by atoms with Gasteiger partial charge in [0, 0.05) is 30.5 Å². The lowest BCUT2D eigenvalue weighted by Gasteiger charge is -2.36. The van der Waals surface area contributed by atoms with Gasteiger partial charge in [0.2, 0.25) is 0 Å². The maximum atomic E-state index is 11.4. The average molecular weight is 277 g/mol. The van der Waals surface area contributed by atoms with Gasteiger partial charge in [0.25, 0.3) is 0 Å². The molecule has 0 aliphatic carbocycles. The van der Waals surface area contributed by atoms with E-state index in [1.54, 1.807) is 0 Å². The van der Waals surface area contributed by atoms with E-state index in [2.05, 4.69) is 0 Å². The molecule has 2 aliphatic heterocycles. The van der Waals surface area contributed by atoms with Gasteiger partial charge in [-0.2, -0.15) is 0 Å². The normalized spacial score (nSPS) is 27.4. The SMILES string of the molecule is CC1(C)CC(N)c2ccc(OC3CCOC3=O)cc2O1. The van der Waals surface area contributed by atoms with Gasteiger partial charge in [-0.1, -0.05) is 6.07 Å². The number of benzene rings is 1. The summed E-state index contributed by atoms with van der Waals surface area (Å²) in [6.45, 7) is 4.44. The molecule has 1 aromatic carbocycles. The van der Waals surface area contributed by atoms with Crippen molar-refractivity contribution in [3.8, 4) is 11.5 Å². The van der Waals surface area contributed by atoms with E-state index in [0.29, 0.717) is 18.8 Å². The van der Waals surface area contributed by atoms with Gasteiger partial charge in [0.15, 0.2) is 6.10 Å². The number of carbonyl (C=O) groups is 1. The molecule has 0 spiro atoms. The van der Waals surface area contributed by atoms with Gasteiger partial charge in [-0.3, -0.25) is 0 Å². The van der Waals surface area contributed by atoms with E-state index in [0.717, 1.165) is 17.7 Å². The molecule has 20 heavy (non-hydrogen) atoms. The third-order valence-corrected chi connectivity index (χ3v) is 3.65. The highest BCUT2D eigenvalue weighted by Crippen LogP contribution is 2.40. The van der Waals surface area contributed by atoms with Crippen molar-refractivity contribution >= 4 is 5.97 Å². The molecule has 0 saturated carbocycles. The largest absolute Gasteiger partial charge is 0.487 e. The second kappa shape index (κ2) is 4.66. The Morgan fingerprint density at radius 3 is 2.90 bits per heavy atom. The molecule has 3 rings (SSSR count). The Kier molecular flexibility index (Phi) is 3.09. The lowest BCUT2D eigenvalue weighted by molar-refractivity contribution is -0.143. The highest BCUT2D eigenvalue weighted by Gasteiger charge is 2.33. The fourth-order valence-corrected chi connectivity index (χ4v) is 2.71. The summed E-state index contributed by atoms with van der Waals surface area (Å²) in [7, 11) is 0. The van der Waals surface area contributed by atoms with Crippen molar-refractivity contribution in [1.82, 2.24) is 0 Å². The van der Waals surface area contributed by atoms with Gasteiger partial charge in [-0.25, -0.2) is 4.79 Å². The second-order valence-corrected chi connectivity index (χ2v) is 5.93. The average Bonchev–Trinajstić information content (AvgIpc) is 2.73. The Labute approximate surface area is 118 Å². The number of hydrogen-bond acceptors (Lipinski definition) is 5. The lowest BCUT2D eigenvalue weighted by Crippen LogP contribution is -2.37. The topological polar surface area (TPSA) is 70.8 Å². The van der Waals surface area contributed by atoms with Crippen molar-refractivity contribution in [3.05, 3.63) is 23.8 Å². The van der Waals surface area contributed by atoms with Crippen molar-refractivity contribution in [3.63, 3.8) is 0 Å². The molecule has 2 N–H and O–H groups in total. The number of hydrogen-bond donors (Lipinski definition) is 1. The minimum absolute atomic E-state index is 0.0424. The Morgan fingerprint density at radius 1 is 1.40 bits per heavy atom. The number of esters is 1. The summed E-state index contributed by atoms with van der Waals surface area (Å²) >= 11 is 0. The molecule has 5 heteroatoms. The highest BCUT2D eigenvalue weighted by molar-refractivity contribution is 5.76. The van der Waals surface area contributed by atoms with E-state index in [1.165, 1.54) is 0 Å². The summed E-state index contributed by atoms with van der Waals surface area (Å²) in [6, 6.07) is 5.50. The predicted molar refractivity (Wildman–Crippen MR) is 72.7 cm³/mol. The molecule has 1 fully saturated rings. The van der Waals surface area contributed by atoms with E-state index in [1.807, 2.05) is 32.0 Å². The summed E-state index contributed by atoms with van der Waals surface area (Å²) in [4.78, 5) is 11.4. The van der Waals surface area contributed by atoms with Crippen LogP contribution in [-0.2, 0) is 9.53 Å². The van der Waals surface area contributed by atoms with E-state index < -0.39 is 6.10 Å². The minimum Gasteiger partial charge on any atom is -0.487 e. The smallest absolute Gasteiger partial charge is 0.347 e. The van der Waals surface area contributed by atoms with Crippen LogP contribution < -0.4 is 15.2 Å². The van der Waals surface area contributed by atoms with Crippen LogP contribution in [0.4, 0.5) is 0 Å². The van der Waals surface area contributed by atoms with Crippen LogP contribution in [0.25, 0.3) is 0 Å². The lowest BCUT2D eigenvalue weighted by atomic mass is 9.90. The molecule has 0 radical (unpaired) electrons. The zero-order valence-electron chi connectivity index (χ0n) is 11.7. The maximum absolute atomic E-state index is 11.4. The summed E-state index contributed by atoms with van der Waals surface area (Å²) in [6.07, 6.45) is 0.843. The van der Waals surface area contributed by atoms with E-state index in [4.69, 9.17) is 19.9 Å². The quantitative estimate of drug-likeness (QED) is 0.836. The standard InChI is InChI=1S/C15H19NO4/c1-15(2)8-11(16)10-4-3-9(7-13(10)20-15)19-12-5-6-18-14(12)17/h3-4,7,11-12H,5-6,8,16H2,1-2H3. The second-order valence-electron chi connectivity index (χ2n) is 5.93. The summed E-state index contributed by atoms with van der Waals surface area (Å²) in [5.74, 6) is 1.04. The van der Waals surface area contributed by atoms with Crippen molar-refractivity contribution in [2.24, 2.45) is 5.73 Å². The first-order valence-corrected chi connectivity index (χ1v) is 6.86. The fraction of sp³-hybridized carbons (Fsp3) is 0.533. The zero-order chi connectivity index (χ0) is 14.3. The molecule has 0 amide bonds. The summed E-state index contributed by atoms with van der Waals surface area (Å²) in [5.41, 5.74) is 6.85. The molecular weight excluding hydrogens is 258 g/mol. The van der Waals surface area contributed by atoms with Crippen molar-refractivity contribution < 1.29 is 19.0 Å². The van der Waals surface area contributed by atoms with Crippen molar-refractivity contribution in [1.29, 1.82) is 0 Å². The molecule has 1 aromatic rings. The monoisotopic (exact) mass is 277 g/mol. The number of ether oxygens (including phenoxy) is 3. The van der Waals surface area contributed by atoms with Crippen LogP contribution in [0.1, 0.15) is 38.3 Å². The third-order valence-electron chi connectivity index (χ3n) is 3.65. The summed E-state index contributed by atoms with van der Waals surface area (Å²) < 4.78 is 16.5. The number of carbonyl (C=O) groups excluding carboxylic acids is 1. The van der Waals surface area contributed by atoms with Gasteiger partial charge < -0.3 is 19.9 Å². The predicted octanol–water partition coefficient (Wildman–Crippen LogP) is 1.94. The van der Waals surface area contributed by atoms with Crippen LogP contribution in [0.2, 0.25) is 0 Å².